The van der Waals surface area contributed by atoms with E-state index in [-0.39, 0.29) is 5.88 Å². The Hall–Kier alpha value is -1.56. The number of amides is 1. The van der Waals surface area contributed by atoms with Gasteiger partial charge in [-0.15, -0.1) is 0 Å². The SMILES string of the molecule is O=C(NC[SH](=O)=O)c1ccc(OCC2CCCCC2)cc1. The Balaban J connectivity index is 1.82. The first-order valence-corrected chi connectivity index (χ1v) is 8.64. The molecule has 1 aromatic carbocycles. The molecule has 2 rings (SSSR count). The van der Waals surface area contributed by atoms with Crippen LogP contribution < -0.4 is 10.1 Å². The number of thiol groups is 1. The zero-order valence-electron chi connectivity index (χ0n) is 11.9. The van der Waals surface area contributed by atoms with Crippen molar-refractivity contribution in [1.82, 2.24) is 5.32 Å². The largest absolute Gasteiger partial charge is 0.493 e. The van der Waals surface area contributed by atoms with Crippen molar-refractivity contribution in [1.29, 1.82) is 0 Å². The lowest BCUT2D eigenvalue weighted by molar-refractivity contribution is 0.0960. The summed E-state index contributed by atoms with van der Waals surface area (Å²) >= 11 is 0. The topological polar surface area (TPSA) is 72.5 Å². The maximum Gasteiger partial charge on any atom is 0.252 e. The van der Waals surface area contributed by atoms with Crippen LogP contribution in [0.1, 0.15) is 42.5 Å². The molecule has 1 aromatic rings. The van der Waals surface area contributed by atoms with E-state index in [1.807, 2.05) is 0 Å². The molecule has 1 fully saturated rings. The summed E-state index contributed by atoms with van der Waals surface area (Å²) in [5, 5.41) is 2.33. The van der Waals surface area contributed by atoms with Crippen LogP contribution in [0.15, 0.2) is 24.3 Å². The fourth-order valence-electron chi connectivity index (χ4n) is 2.51. The van der Waals surface area contributed by atoms with Crippen molar-refractivity contribution in [2.24, 2.45) is 5.92 Å². The molecular weight excluding hydrogens is 290 g/mol. The number of benzene rings is 1. The predicted octanol–water partition coefficient (Wildman–Crippen LogP) is 1.94. The van der Waals surface area contributed by atoms with Gasteiger partial charge in [0.25, 0.3) is 5.91 Å². The van der Waals surface area contributed by atoms with Crippen molar-refractivity contribution in [3.05, 3.63) is 29.8 Å². The van der Waals surface area contributed by atoms with Gasteiger partial charge < -0.3 is 10.1 Å². The number of rotatable bonds is 6. The van der Waals surface area contributed by atoms with Crippen LogP contribution in [0.3, 0.4) is 0 Å². The lowest BCUT2D eigenvalue weighted by Gasteiger charge is -2.21. The summed E-state index contributed by atoms with van der Waals surface area (Å²) in [6, 6.07) is 6.77. The molecule has 1 saturated carbocycles. The van der Waals surface area contributed by atoms with Crippen LogP contribution in [0.25, 0.3) is 0 Å². The van der Waals surface area contributed by atoms with Crippen molar-refractivity contribution >= 4 is 16.6 Å². The number of carbonyl (C=O) groups excluding carboxylic acids is 1. The number of nitrogens with one attached hydrogen (secondary N) is 1. The van der Waals surface area contributed by atoms with E-state index >= 15 is 0 Å². The van der Waals surface area contributed by atoms with Crippen LogP contribution >= 0.6 is 0 Å². The highest BCUT2D eigenvalue weighted by Gasteiger charge is 2.14. The highest BCUT2D eigenvalue weighted by Crippen LogP contribution is 2.24. The molecule has 0 aromatic heterocycles. The van der Waals surface area contributed by atoms with Gasteiger partial charge in [-0.3, -0.25) is 4.79 Å². The van der Waals surface area contributed by atoms with Gasteiger partial charge >= 0.3 is 0 Å². The predicted molar refractivity (Wildman–Crippen MR) is 81.2 cm³/mol. The molecule has 0 atom stereocenters. The Morgan fingerprint density at radius 2 is 1.81 bits per heavy atom. The second kappa shape index (κ2) is 8.02. The molecule has 1 amide bonds. The molecule has 0 radical (unpaired) electrons. The van der Waals surface area contributed by atoms with E-state index in [0.29, 0.717) is 11.5 Å². The van der Waals surface area contributed by atoms with Crippen molar-refractivity contribution in [2.45, 2.75) is 32.1 Å². The molecule has 0 unspecified atom stereocenters. The Morgan fingerprint density at radius 3 is 2.43 bits per heavy atom. The summed E-state index contributed by atoms with van der Waals surface area (Å²) in [7, 11) is -2.60. The van der Waals surface area contributed by atoms with Gasteiger partial charge in [-0.25, -0.2) is 8.42 Å². The third-order valence-electron chi connectivity index (χ3n) is 3.70. The molecule has 5 nitrogen and oxygen atoms in total. The number of ether oxygens (including phenoxy) is 1. The third kappa shape index (κ3) is 5.38. The summed E-state index contributed by atoms with van der Waals surface area (Å²) in [4.78, 5) is 11.6. The van der Waals surface area contributed by atoms with E-state index in [9.17, 15) is 13.2 Å². The average molecular weight is 311 g/mol. The average Bonchev–Trinajstić information content (AvgIpc) is 2.52. The van der Waals surface area contributed by atoms with Crippen molar-refractivity contribution in [2.75, 3.05) is 12.5 Å². The molecule has 116 valence electrons. The van der Waals surface area contributed by atoms with E-state index in [0.717, 1.165) is 12.4 Å². The van der Waals surface area contributed by atoms with Gasteiger partial charge in [0.05, 0.1) is 6.61 Å². The minimum atomic E-state index is -2.60. The van der Waals surface area contributed by atoms with Crippen LogP contribution in [-0.4, -0.2) is 26.8 Å². The van der Waals surface area contributed by atoms with Crippen molar-refractivity contribution < 1.29 is 17.9 Å². The van der Waals surface area contributed by atoms with E-state index < -0.39 is 16.6 Å². The van der Waals surface area contributed by atoms with Crippen LogP contribution in [0, 0.1) is 5.92 Å². The van der Waals surface area contributed by atoms with Gasteiger partial charge in [0.1, 0.15) is 11.6 Å². The van der Waals surface area contributed by atoms with Gasteiger partial charge in [-0.05, 0) is 43.0 Å². The summed E-state index contributed by atoms with van der Waals surface area (Å²) in [6.45, 7) is 0.724. The van der Waals surface area contributed by atoms with Crippen molar-refractivity contribution in [3.63, 3.8) is 0 Å². The second-order valence-electron chi connectivity index (χ2n) is 5.34. The Bertz CT molecular complexity index is 525. The van der Waals surface area contributed by atoms with Gasteiger partial charge in [0, 0.05) is 5.56 Å². The normalized spacial score (nSPS) is 15.9. The monoisotopic (exact) mass is 311 g/mol. The van der Waals surface area contributed by atoms with Crippen LogP contribution in [0.4, 0.5) is 0 Å². The molecule has 0 heterocycles. The lowest BCUT2D eigenvalue weighted by Crippen LogP contribution is -2.25. The third-order valence-corrected chi connectivity index (χ3v) is 4.11. The minimum absolute atomic E-state index is 0.339. The fourth-order valence-corrected chi connectivity index (χ4v) is 2.78. The summed E-state index contributed by atoms with van der Waals surface area (Å²) < 4.78 is 26.6. The number of hydrogen-bond donors (Lipinski definition) is 2. The Kier molecular flexibility index (Phi) is 6.04. The molecule has 0 spiro atoms. The van der Waals surface area contributed by atoms with Gasteiger partial charge in [0.2, 0.25) is 0 Å². The smallest absolute Gasteiger partial charge is 0.252 e. The maximum absolute atomic E-state index is 11.6. The molecular formula is C15H21NO4S. The molecule has 6 heteroatoms. The minimum Gasteiger partial charge on any atom is -0.493 e. The first-order chi connectivity index (χ1) is 10.1. The number of hydrogen-bond acceptors (Lipinski definition) is 4. The maximum atomic E-state index is 11.6. The molecule has 0 bridgehead atoms. The van der Waals surface area contributed by atoms with Crippen LogP contribution in [0.2, 0.25) is 0 Å². The summed E-state index contributed by atoms with van der Waals surface area (Å²) in [6.07, 6.45) is 6.36. The standard InChI is InChI=1S/C15H21NO4S/c17-15(16-11-21(18)19)13-6-8-14(9-7-13)20-10-12-4-2-1-3-5-12/h6-9,12,21H,1-5,10-11H2,(H,16,17). The Morgan fingerprint density at radius 1 is 1.14 bits per heavy atom. The van der Waals surface area contributed by atoms with E-state index in [4.69, 9.17) is 4.74 Å². The van der Waals surface area contributed by atoms with Crippen LogP contribution in [0.5, 0.6) is 5.75 Å². The van der Waals surface area contributed by atoms with Gasteiger partial charge in [-0.1, -0.05) is 19.3 Å². The number of carbonyl (C=O) groups is 1. The molecule has 21 heavy (non-hydrogen) atoms. The first kappa shape index (κ1) is 15.8. The molecule has 0 saturated heterocycles. The zero-order valence-corrected chi connectivity index (χ0v) is 12.8. The molecule has 0 aliphatic heterocycles. The molecule has 1 aliphatic carbocycles. The van der Waals surface area contributed by atoms with Gasteiger partial charge in [-0.2, -0.15) is 0 Å². The summed E-state index contributed by atoms with van der Waals surface area (Å²) in [5.74, 6) is 0.642. The Labute approximate surface area is 126 Å². The quantitative estimate of drug-likeness (QED) is 0.788. The van der Waals surface area contributed by atoms with E-state index in [2.05, 4.69) is 5.32 Å². The molecule has 1 aliphatic rings. The second-order valence-corrected chi connectivity index (χ2v) is 6.32. The zero-order chi connectivity index (χ0) is 15.1. The fraction of sp³-hybridized carbons (Fsp3) is 0.533. The lowest BCUT2D eigenvalue weighted by atomic mass is 9.90. The highest BCUT2D eigenvalue weighted by molar-refractivity contribution is 7.72. The molecule has 1 N–H and O–H groups in total. The first-order valence-electron chi connectivity index (χ1n) is 7.28. The van der Waals surface area contributed by atoms with E-state index in [1.54, 1.807) is 24.3 Å². The van der Waals surface area contributed by atoms with Crippen LogP contribution in [-0.2, 0) is 10.7 Å². The van der Waals surface area contributed by atoms with Gasteiger partial charge in [0.15, 0.2) is 10.7 Å². The van der Waals surface area contributed by atoms with Crippen molar-refractivity contribution in [3.8, 4) is 5.75 Å². The van der Waals surface area contributed by atoms with E-state index in [1.165, 1.54) is 32.1 Å². The highest BCUT2D eigenvalue weighted by atomic mass is 32.2. The summed E-state index contributed by atoms with van der Waals surface area (Å²) in [5.41, 5.74) is 0.428.